The second-order valence-electron chi connectivity index (χ2n) is 6.20. The fourth-order valence-electron chi connectivity index (χ4n) is 2.55. The highest BCUT2D eigenvalue weighted by atomic mass is 32.2. The Morgan fingerprint density at radius 1 is 1.00 bits per heavy atom. The number of rotatable bonds is 9. The number of ether oxygens (including phenoxy) is 3. The molecule has 0 fully saturated rings. The van der Waals surface area contributed by atoms with Crippen LogP contribution in [0.3, 0.4) is 0 Å². The van der Waals surface area contributed by atoms with Gasteiger partial charge in [0.05, 0.1) is 24.8 Å². The minimum absolute atomic E-state index is 0.00773. The molecule has 2 aromatic carbocycles. The van der Waals surface area contributed by atoms with Crippen LogP contribution in [0.25, 0.3) is 0 Å². The summed E-state index contributed by atoms with van der Waals surface area (Å²) >= 11 is 0. The van der Waals surface area contributed by atoms with Gasteiger partial charge in [-0.05, 0) is 36.2 Å². The summed E-state index contributed by atoms with van der Waals surface area (Å²) in [6.07, 6.45) is 1.49. The monoisotopic (exact) mass is 421 g/mol. The van der Waals surface area contributed by atoms with Crippen LogP contribution in [0.4, 0.5) is 5.69 Å². The van der Waals surface area contributed by atoms with E-state index in [0.29, 0.717) is 17.9 Å². The summed E-state index contributed by atoms with van der Waals surface area (Å²) in [7, 11) is -0.434. The van der Waals surface area contributed by atoms with Crippen molar-refractivity contribution in [3.05, 3.63) is 48.0 Å². The molecule has 2 rings (SSSR count). The molecule has 2 aromatic rings. The van der Waals surface area contributed by atoms with Gasteiger partial charge in [0.1, 0.15) is 11.5 Å². The molecule has 8 nitrogen and oxygen atoms in total. The standard InChI is InChI=1S/C20H23NO7S/c1-26-15-10-14(11-16(12-15)27-2)8-9-20(23)28-13-19(22)21-17-6-4-5-7-18(17)29(3,24)25/h4-7,10-12H,8-9,13H2,1-3H3,(H,21,22). The van der Waals surface area contributed by atoms with Crippen LogP contribution < -0.4 is 14.8 Å². The molecule has 0 aliphatic rings. The van der Waals surface area contributed by atoms with Crippen molar-refractivity contribution in [1.82, 2.24) is 0 Å². The van der Waals surface area contributed by atoms with Gasteiger partial charge in [-0.15, -0.1) is 0 Å². The Kier molecular flexibility index (Phi) is 7.60. The van der Waals surface area contributed by atoms with E-state index in [9.17, 15) is 18.0 Å². The van der Waals surface area contributed by atoms with Gasteiger partial charge in [0.15, 0.2) is 16.4 Å². The average Bonchev–Trinajstić information content (AvgIpc) is 2.70. The van der Waals surface area contributed by atoms with Gasteiger partial charge in [0, 0.05) is 18.7 Å². The number of hydrogen-bond acceptors (Lipinski definition) is 7. The van der Waals surface area contributed by atoms with Crippen molar-refractivity contribution in [1.29, 1.82) is 0 Å². The maximum absolute atomic E-state index is 12.0. The Morgan fingerprint density at radius 2 is 1.62 bits per heavy atom. The fraction of sp³-hybridized carbons (Fsp3) is 0.300. The third-order valence-electron chi connectivity index (χ3n) is 3.95. The zero-order valence-corrected chi connectivity index (χ0v) is 17.2. The molecule has 9 heteroatoms. The highest BCUT2D eigenvalue weighted by molar-refractivity contribution is 7.90. The highest BCUT2D eigenvalue weighted by Crippen LogP contribution is 2.23. The van der Waals surface area contributed by atoms with Crippen LogP contribution in [-0.4, -0.2) is 47.4 Å². The van der Waals surface area contributed by atoms with Crippen molar-refractivity contribution in [2.45, 2.75) is 17.7 Å². The quantitative estimate of drug-likeness (QED) is 0.619. The van der Waals surface area contributed by atoms with Crippen LogP contribution >= 0.6 is 0 Å². The maximum atomic E-state index is 12.0. The Labute approximate surface area is 169 Å². The van der Waals surface area contributed by atoms with E-state index >= 15 is 0 Å². The number of carbonyl (C=O) groups is 2. The number of carbonyl (C=O) groups excluding carboxylic acids is 2. The van der Waals surface area contributed by atoms with Crippen LogP contribution in [0.2, 0.25) is 0 Å². The SMILES string of the molecule is COc1cc(CCC(=O)OCC(=O)Nc2ccccc2S(C)(=O)=O)cc(OC)c1. The number of nitrogens with one attached hydrogen (secondary N) is 1. The molecule has 29 heavy (non-hydrogen) atoms. The van der Waals surface area contributed by atoms with Gasteiger partial charge in [-0.1, -0.05) is 12.1 Å². The molecule has 1 N–H and O–H groups in total. The van der Waals surface area contributed by atoms with Gasteiger partial charge < -0.3 is 19.5 Å². The number of methoxy groups -OCH3 is 2. The van der Waals surface area contributed by atoms with E-state index in [4.69, 9.17) is 14.2 Å². The summed E-state index contributed by atoms with van der Waals surface area (Å²) in [6, 6.07) is 11.3. The van der Waals surface area contributed by atoms with E-state index in [1.165, 1.54) is 26.4 Å². The maximum Gasteiger partial charge on any atom is 0.306 e. The van der Waals surface area contributed by atoms with E-state index in [-0.39, 0.29) is 17.0 Å². The van der Waals surface area contributed by atoms with E-state index in [2.05, 4.69) is 5.32 Å². The molecular formula is C20H23NO7S. The van der Waals surface area contributed by atoms with Crippen LogP contribution in [0.1, 0.15) is 12.0 Å². The first-order chi connectivity index (χ1) is 13.7. The number of aryl methyl sites for hydroxylation is 1. The van der Waals surface area contributed by atoms with Crippen LogP contribution in [-0.2, 0) is 30.6 Å². The minimum atomic E-state index is -3.50. The molecule has 0 heterocycles. The average molecular weight is 421 g/mol. The number of anilines is 1. The fourth-order valence-corrected chi connectivity index (χ4v) is 3.40. The van der Waals surface area contributed by atoms with Crippen molar-refractivity contribution in [3.63, 3.8) is 0 Å². The molecule has 0 saturated carbocycles. The molecule has 0 atom stereocenters. The molecular weight excluding hydrogens is 398 g/mol. The first-order valence-electron chi connectivity index (χ1n) is 8.69. The van der Waals surface area contributed by atoms with Crippen molar-refractivity contribution in [2.24, 2.45) is 0 Å². The van der Waals surface area contributed by atoms with Crippen LogP contribution in [0, 0.1) is 0 Å². The Hall–Kier alpha value is -3.07. The number of esters is 1. The number of hydrogen-bond donors (Lipinski definition) is 1. The van der Waals surface area contributed by atoms with Crippen LogP contribution in [0.5, 0.6) is 11.5 Å². The lowest BCUT2D eigenvalue weighted by atomic mass is 10.1. The summed E-state index contributed by atoms with van der Waals surface area (Å²) in [5.41, 5.74) is 0.962. The second-order valence-corrected chi connectivity index (χ2v) is 8.18. The van der Waals surface area contributed by atoms with Crippen molar-refractivity contribution >= 4 is 27.4 Å². The number of sulfone groups is 1. The third kappa shape index (κ3) is 6.79. The lowest BCUT2D eigenvalue weighted by molar-refractivity contribution is -0.147. The van der Waals surface area contributed by atoms with Gasteiger partial charge in [0.2, 0.25) is 0 Å². The molecule has 0 spiro atoms. The summed E-state index contributed by atoms with van der Waals surface area (Å²) in [4.78, 5) is 24.0. The van der Waals surface area contributed by atoms with Crippen molar-refractivity contribution < 1.29 is 32.2 Å². The molecule has 0 aliphatic carbocycles. The Balaban J connectivity index is 1.88. The summed E-state index contributed by atoms with van der Waals surface area (Å²) in [5.74, 6) is 0.0316. The Morgan fingerprint density at radius 3 is 2.21 bits per heavy atom. The summed E-state index contributed by atoms with van der Waals surface area (Å²) < 4.78 is 38.9. The summed E-state index contributed by atoms with van der Waals surface area (Å²) in [6.45, 7) is -0.516. The van der Waals surface area contributed by atoms with Crippen molar-refractivity contribution in [2.75, 3.05) is 32.4 Å². The van der Waals surface area contributed by atoms with E-state index in [1.54, 1.807) is 30.3 Å². The predicted molar refractivity (Wildman–Crippen MR) is 107 cm³/mol. The molecule has 0 unspecified atom stereocenters. The molecule has 0 bridgehead atoms. The molecule has 156 valence electrons. The highest BCUT2D eigenvalue weighted by Gasteiger charge is 2.15. The first kappa shape index (κ1) is 22.2. The van der Waals surface area contributed by atoms with E-state index in [1.807, 2.05) is 0 Å². The van der Waals surface area contributed by atoms with Gasteiger partial charge in [-0.25, -0.2) is 8.42 Å². The zero-order chi connectivity index (χ0) is 21.4. The largest absolute Gasteiger partial charge is 0.497 e. The number of para-hydroxylation sites is 1. The predicted octanol–water partition coefficient (Wildman–Crippen LogP) is 2.22. The molecule has 0 aliphatic heterocycles. The molecule has 0 saturated heterocycles. The topological polar surface area (TPSA) is 108 Å². The first-order valence-corrected chi connectivity index (χ1v) is 10.6. The van der Waals surface area contributed by atoms with Gasteiger partial charge in [0.25, 0.3) is 5.91 Å². The van der Waals surface area contributed by atoms with Gasteiger partial charge >= 0.3 is 5.97 Å². The van der Waals surface area contributed by atoms with E-state index < -0.39 is 28.3 Å². The van der Waals surface area contributed by atoms with Crippen LogP contribution in [0.15, 0.2) is 47.4 Å². The van der Waals surface area contributed by atoms with Gasteiger partial charge in [-0.3, -0.25) is 9.59 Å². The smallest absolute Gasteiger partial charge is 0.306 e. The zero-order valence-electron chi connectivity index (χ0n) is 16.4. The number of amides is 1. The second kappa shape index (κ2) is 9.92. The van der Waals surface area contributed by atoms with Crippen molar-refractivity contribution in [3.8, 4) is 11.5 Å². The Bertz CT molecular complexity index is 964. The lowest BCUT2D eigenvalue weighted by Gasteiger charge is -2.10. The molecule has 1 amide bonds. The third-order valence-corrected chi connectivity index (χ3v) is 5.11. The lowest BCUT2D eigenvalue weighted by Crippen LogP contribution is -2.22. The normalized spacial score (nSPS) is 10.9. The minimum Gasteiger partial charge on any atom is -0.497 e. The van der Waals surface area contributed by atoms with Gasteiger partial charge in [-0.2, -0.15) is 0 Å². The molecule has 0 radical (unpaired) electrons. The number of benzene rings is 2. The molecule has 0 aromatic heterocycles. The van der Waals surface area contributed by atoms with E-state index in [0.717, 1.165) is 11.8 Å². The summed E-state index contributed by atoms with van der Waals surface area (Å²) in [5, 5.41) is 2.45.